The van der Waals surface area contributed by atoms with Crippen LogP contribution in [0.25, 0.3) is 11.1 Å². The maximum absolute atomic E-state index is 13.2. The minimum Gasteiger partial charge on any atom is -0.423 e. The number of rotatable bonds is 4. The van der Waals surface area contributed by atoms with Crippen LogP contribution in [0.2, 0.25) is 0 Å². The molecular formula is C20H20FN3O2. The van der Waals surface area contributed by atoms with Crippen molar-refractivity contribution in [2.24, 2.45) is 5.92 Å². The van der Waals surface area contributed by atoms with Crippen molar-refractivity contribution in [3.8, 4) is 0 Å². The van der Waals surface area contributed by atoms with Crippen molar-refractivity contribution in [2.75, 3.05) is 24.5 Å². The molecule has 0 atom stereocenters. The standard InChI is InChI=1S/C20H20FN3O2/c21-16-5-3-4-15(12-16)19(25)22-13-14-8-10-24(11-9-14)20-23-17-6-1-2-7-18(17)26-20/h1-7,12,14H,8-11,13H2,(H,22,25). The maximum Gasteiger partial charge on any atom is 0.298 e. The van der Waals surface area contributed by atoms with Gasteiger partial charge in [-0.1, -0.05) is 18.2 Å². The summed E-state index contributed by atoms with van der Waals surface area (Å²) in [5.41, 5.74) is 2.02. The molecule has 0 unspecified atom stereocenters. The summed E-state index contributed by atoms with van der Waals surface area (Å²) in [6.07, 6.45) is 1.89. The fourth-order valence-corrected chi connectivity index (χ4v) is 3.29. The predicted molar refractivity (Wildman–Crippen MR) is 97.7 cm³/mol. The summed E-state index contributed by atoms with van der Waals surface area (Å²) in [6, 6.07) is 14.2. The molecule has 1 saturated heterocycles. The first kappa shape index (κ1) is 16.6. The summed E-state index contributed by atoms with van der Waals surface area (Å²) < 4.78 is 19.0. The van der Waals surface area contributed by atoms with Gasteiger partial charge < -0.3 is 14.6 Å². The number of nitrogens with one attached hydrogen (secondary N) is 1. The molecule has 1 aliphatic heterocycles. The van der Waals surface area contributed by atoms with E-state index in [1.807, 2.05) is 24.3 Å². The third-order valence-corrected chi connectivity index (χ3v) is 4.81. The molecule has 0 radical (unpaired) electrons. The molecule has 3 aromatic rings. The molecule has 5 nitrogen and oxygen atoms in total. The van der Waals surface area contributed by atoms with E-state index in [1.165, 1.54) is 12.1 Å². The second-order valence-corrected chi connectivity index (χ2v) is 6.61. The number of carbonyl (C=O) groups excluding carboxylic acids is 1. The van der Waals surface area contributed by atoms with Gasteiger partial charge in [0.2, 0.25) is 0 Å². The van der Waals surface area contributed by atoms with Crippen molar-refractivity contribution in [1.29, 1.82) is 0 Å². The van der Waals surface area contributed by atoms with Crippen molar-refractivity contribution in [3.63, 3.8) is 0 Å². The molecule has 0 bridgehead atoms. The molecule has 26 heavy (non-hydrogen) atoms. The highest BCUT2D eigenvalue weighted by Crippen LogP contribution is 2.26. The van der Waals surface area contributed by atoms with Crippen LogP contribution in [0.3, 0.4) is 0 Å². The van der Waals surface area contributed by atoms with Gasteiger partial charge in [-0.3, -0.25) is 4.79 Å². The zero-order valence-electron chi connectivity index (χ0n) is 14.3. The van der Waals surface area contributed by atoms with Crippen LogP contribution in [0.1, 0.15) is 23.2 Å². The van der Waals surface area contributed by atoms with E-state index in [1.54, 1.807) is 12.1 Å². The lowest BCUT2D eigenvalue weighted by atomic mass is 9.97. The summed E-state index contributed by atoms with van der Waals surface area (Å²) in [7, 11) is 0. The summed E-state index contributed by atoms with van der Waals surface area (Å²) in [5, 5.41) is 2.91. The van der Waals surface area contributed by atoms with Crippen LogP contribution >= 0.6 is 0 Å². The average molecular weight is 353 g/mol. The van der Waals surface area contributed by atoms with Gasteiger partial charge in [-0.15, -0.1) is 0 Å². The first-order valence-electron chi connectivity index (χ1n) is 8.83. The number of hydrogen-bond donors (Lipinski definition) is 1. The van der Waals surface area contributed by atoms with E-state index < -0.39 is 5.82 Å². The molecule has 0 aliphatic carbocycles. The first-order valence-corrected chi connectivity index (χ1v) is 8.83. The Balaban J connectivity index is 1.30. The molecule has 4 rings (SSSR count). The topological polar surface area (TPSA) is 58.4 Å². The van der Waals surface area contributed by atoms with Gasteiger partial charge in [0.25, 0.3) is 11.9 Å². The van der Waals surface area contributed by atoms with Gasteiger partial charge in [0.05, 0.1) is 0 Å². The van der Waals surface area contributed by atoms with E-state index in [0.717, 1.165) is 37.0 Å². The van der Waals surface area contributed by atoms with Crippen molar-refractivity contribution in [1.82, 2.24) is 10.3 Å². The number of carbonyl (C=O) groups is 1. The Kier molecular flexibility index (Phi) is 4.56. The Hall–Kier alpha value is -2.89. The molecule has 2 heterocycles. The quantitative estimate of drug-likeness (QED) is 0.778. The second kappa shape index (κ2) is 7.15. The molecule has 1 amide bonds. The van der Waals surface area contributed by atoms with Gasteiger partial charge in [0, 0.05) is 25.2 Å². The molecule has 1 fully saturated rings. The average Bonchev–Trinajstić information content (AvgIpc) is 3.11. The summed E-state index contributed by atoms with van der Waals surface area (Å²) in [4.78, 5) is 18.8. The predicted octanol–water partition coefficient (Wildman–Crippen LogP) is 3.61. The highest BCUT2D eigenvalue weighted by Gasteiger charge is 2.23. The van der Waals surface area contributed by atoms with Crippen LogP contribution in [0.4, 0.5) is 10.4 Å². The largest absolute Gasteiger partial charge is 0.423 e. The smallest absolute Gasteiger partial charge is 0.298 e. The minimum absolute atomic E-state index is 0.231. The number of amides is 1. The van der Waals surface area contributed by atoms with Crippen LogP contribution in [0.15, 0.2) is 52.9 Å². The molecule has 6 heteroatoms. The van der Waals surface area contributed by atoms with Crippen LogP contribution < -0.4 is 10.2 Å². The van der Waals surface area contributed by atoms with Crippen LogP contribution in [0, 0.1) is 11.7 Å². The zero-order valence-corrected chi connectivity index (χ0v) is 14.3. The van der Waals surface area contributed by atoms with Crippen molar-refractivity contribution < 1.29 is 13.6 Å². The van der Waals surface area contributed by atoms with Gasteiger partial charge in [-0.05, 0) is 49.1 Å². The number of piperidine rings is 1. The number of oxazole rings is 1. The van der Waals surface area contributed by atoms with Crippen LogP contribution in [-0.4, -0.2) is 30.5 Å². The maximum atomic E-state index is 13.2. The Morgan fingerprint density at radius 2 is 2.00 bits per heavy atom. The molecule has 0 spiro atoms. The number of fused-ring (bicyclic) bond motifs is 1. The molecule has 0 saturated carbocycles. The lowest BCUT2D eigenvalue weighted by molar-refractivity contribution is 0.0944. The molecule has 1 aromatic heterocycles. The monoisotopic (exact) mass is 353 g/mol. The summed E-state index contributed by atoms with van der Waals surface area (Å²) >= 11 is 0. The van der Waals surface area contributed by atoms with Gasteiger partial charge in [0.1, 0.15) is 11.3 Å². The van der Waals surface area contributed by atoms with E-state index in [0.29, 0.717) is 24.0 Å². The molecule has 1 N–H and O–H groups in total. The van der Waals surface area contributed by atoms with Crippen LogP contribution in [-0.2, 0) is 0 Å². The van der Waals surface area contributed by atoms with E-state index in [4.69, 9.17) is 4.42 Å². The zero-order chi connectivity index (χ0) is 17.9. The van der Waals surface area contributed by atoms with E-state index in [9.17, 15) is 9.18 Å². The van der Waals surface area contributed by atoms with Gasteiger partial charge in [0.15, 0.2) is 5.58 Å². The normalized spacial score (nSPS) is 15.3. The second-order valence-electron chi connectivity index (χ2n) is 6.61. The Morgan fingerprint density at radius 3 is 2.77 bits per heavy atom. The van der Waals surface area contributed by atoms with E-state index in [2.05, 4.69) is 15.2 Å². The highest BCUT2D eigenvalue weighted by atomic mass is 19.1. The van der Waals surface area contributed by atoms with Crippen molar-refractivity contribution in [2.45, 2.75) is 12.8 Å². The summed E-state index contributed by atoms with van der Waals surface area (Å²) in [5.74, 6) is -0.233. The van der Waals surface area contributed by atoms with E-state index >= 15 is 0 Å². The number of hydrogen-bond acceptors (Lipinski definition) is 4. The Bertz CT molecular complexity index is 883. The fraction of sp³-hybridized carbons (Fsp3) is 0.300. The van der Waals surface area contributed by atoms with Crippen molar-refractivity contribution in [3.05, 3.63) is 59.9 Å². The van der Waals surface area contributed by atoms with Crippen molar-refractivity contribution >= 4 is 23.0 Å². The highest BCUT2D eigenvalue weighted by molar-refractivity contribution is 5.94. The number of aromatic nitrogens is 1. The first-order chi connectivity index (χ1) is 12.7. The third-order valence-electron chi connectivity index (χ3n) is 4.81. The Morgan fingerprint density at radius 1 is 1.19 bits per heavy atom. The molecule has 1 aliphatic rings. The van der Waals surface area contributed by atoms with Gasteiger partial charge in [-0.25, -0.2) is 4.39 Å². The molecule has 134 valence electrons. The fourth-order valence-electron chi connectivity index (χ4n) is 3.29. The minimum atomic E-state index is -0.399. The van der Waals surface area contributed by atoms with Gasteiger partial charge >= 0.3 is 0 Å². The van der Waals surface area contributed by atoms with Crippen LogP contribution in [0.5, 0.6) is 0 Å². The number of benzene rings is 2. The summed E-state index contributed by atoms with van der Waals surface area (Å²) in [6.45, 7) is 2.28. The lowest BCUT2D eigenvalue weighted by Crippen LogP contribution is -2.38. The van der Waals surface area contributed by atoms with E-state index in [-0.39, 0.29) is 5.91 Å². The number of anilines is 1. The number of halogens is 1. The SMILES string of the molecule is O=C(NCC1CCN(c2nc3ccccc3o2)CC1)c1cccc(F)c1. The molecular weight excluding hydrogens is 333 g/mol. The Labute approximate surface area is 150 Å². The number of para-hydroxylation sites is 2. The lowest BCUT2D eigenvalue weighted by Gasteiger charge is -2.30. The molecule has 2 aromatic carbocycles. The third kappa shape index (κ3) is 3.54. The number of nitrogens with zero attached hydrogens (tertiary/aromatic N) is 2. The van der Waals surface area contributed by atoms with Gasteiger partial charge in [-0.2, -0.15) is 4.98 Å².